The third kappa shape index (κ3) is 3.56. The maximum absolute atomic E-state index is 13.5. The van der Waals surface area contributed by atoms with Gasteiger partial charge in [-0.05, 0) is 48.9 Å². The number of H-pyrrole nitrogens is 1. The summed E-state index contributed by atoms with van der Waals surface area (Å²) in [5.41, 5.74) is 2.60. The first kappa shape index (κ1) is 18.7. The van der Waals surface area contributed by atoms with Crippen LogP contribution in [0.2, 0.25) is 0 Å². The van der Waals surface area contributed by atoms with E-state index in [-0.39, 0.29) is 24.4 Å². The van der Waals surface area contributed by atoms with Gasteiger partial charge in [-0.25, -0.2) is 9.37 Å². The number of rotatable bonds is 5. The fourth-order valence-electron chi connectivity index (χ4n) is 3.26. The van der Waals surface area contributed by atoms with E-state index in [0.717, 1.165) is 5.56 Å². The standard InChI is InChI=1S/C21H19FN4O3/c1-12-9-14(29-2)4-6-16(12)24-18(27)7-8-26-11-23-19-15-10-13(22)3-5-17(15)25-20(19)21(26)28/h3-6,9-11,25H,7-8H2,1-2H3,(H,24,27). The largest absolute Gasteiger partial charge is 0.497 e. The van der Waals surface area contributed by atoms with Crippen LogP contribution in [0.1, 0.15) is 12.0 Å². The van der Waals surface area contributed by atoms with Gasteiger partial charge in [-0.2, -0.15) is 0 Å². The summed E-state index contributed by atoms with van der Waals surface area (Å²) >= 11 is 0. The lowest BCUT2D eigenvalue weighted by atomic mass is 10.2. The number of methoxy groups -OCH3 is 1. The number of halogens is 1. The monoisotopic (exact) mass is 394 g/mol. The number of benzene rings is 2. The molecule has 0 saturated heterocycles. The number of nitrogens with zero attached hydrogens (tertiary/aromatic N) is 2. The van der Waals surface area contributed by atoms with Gasteiger partial charge in [0, 0.05) is 29.6 Å². The van der Waals surface area contributed by atoms with Gasteiger partial charge in [0.2, 0.25) is 5.91 Å². The van der Waals surface area contributed by atoms with Crippen molar-refractivity contribution < 1.29 is 13.9 Å². The second kappa shape index (κ2) is 7.38. The van der Waals surface area contributed by atoms with Gasteiger partial charge in [0.15, 0.2) is 0 Å². The van der Waals surface area contributed by atoms with Crippen LogP contribution < -0.4 is 15.6 Å². The van der Waals surface area contributed by atoms with Gasteiger partial charge < -0.3 is 15.0 Å². The van der Waals surface area contributed by atoms with Crippen LogP contribution in [-0.4, -0.2) is 27.6 Å². The number of carbonyl (C=O) groups excluding carboxylic acids is 1. The summed E-state index contributed by atoms with van der Waals surface area (Å²) in [6.07, 6.45) is 1.49. The number of fused-ring (bicyclic) bond motifs is 3. The second-order valence-corrected chi connectivity index (χ2v) is 6.76. The van der Waals surface area contributed by atoms with Crippen LogP contribution >= 0.6 is 0 Å². The maximum Gasteiger partial charge on any atom is 0.277 e. The third-order valence-electron chi connectivity index (χ3n) is 4.82. The number of hydrogen-bond donors (Lipinski definition) is 2. The molecule has 0 atom stereocenters. The zero-order valence-electron chi connectivity index (χ0n) is 16.0. The Bertz CT molecular complexity index is 1290. The van der Waals surface area contributed by atoms with Crippen molar-refractivity contribution in [2.75, 3.05) is 12.4 Å². The van der Waals surface area contributed by atoms with E-state index in [2.05, 4.69) is 15.3 Å². The van der Waals surface area contributed by atoms with Gasteiger partial charge in [-0.1, -0.05) is 0 Å². The number of aromatic amines is 1. The Morgan fingerprint density at radius 2 is 2.10 bits per heavy atom. The van der Waals surface area contributed by atoms with E-state index in [1.807, 2.05) is 13.0 Å². The quantitative estimate of drug-likeness (QED) is 0.543. The molecule has 0 bridgehead atoms. The second-order valence-electron chi connectivity index (χ2n) is 6.76. The molecule has 2 N–H and O–H groups in total. The number of aromatic nitrogens is 3. The minimum absolute atomic E-state index is 0.105. The fraction of sp³-hybridized carbons (Fsp3) is 0.190. The van der Waals surface area contributed by atoms with Gasteiger partial charge in [0.05, 0.1) is 13.4 Å². The van der Waals surface area contributed by atoms with Crippen LogP contribution in [0.25, 0.3) is 21.9 Å². The van der Waals surface area contributed by atoms with Gasteiger partial charge in [-0.3, -0.25) is 14.2 Å². The molecule has 148 valence electrons. The lowest BCUT2D eigenvalue weighted by molar-refractivity contribution is -0.116. The minimum atomic E-state index is -0.394. The van der Waals surface area contributed by atoms with Crippen LogP contribution in [0.4, 0.5) is 10.1 Å². The van der Waals surface area contributed by atoms with Crippen molar-refractivity contribution in [1.29, 1.82) is 0 Å². The number of hydrogen-bond acceptors (Lipinski definition) is 4. The van der Waals surface area contributed by atoms with Crippen LogP contribution in [-0.2, 0) is 11.3 Å². The molecule has 4 aromatic rings. The van der Waals surface area contributed by atoms with Crippen molar-refractivity contribution in [1.82, 2.24) is 14.5 Å². The molecule has 0 aliphatic rings. The summed E-state index contributed by atoms with van der Waals surface area (Å²) in [6.45, 7) is 2.05. The van der Waals surface area contributed by atoms with Crippen molar-refractivity contribution in [3.05, 3.63) is 64.5 Å². The average molecular weight is 394 g/mol. The summed E-state index contributed by atoms with van der Waals surface area (Å²) in [7, 11) is 1.58. The lowest BCUT2D eigenvalue weighted by Gasteiger charge is -2.10. The summed E-state index contributed by atoms with van der Waals surface area (Å²) < 4.78 is 20.0. The Labute approximate surface area is 165 Å². The van der Waals surface area contributed by atoms with Crippen LogP contribution in [0.15, 0.2) is 47.5 Å². The summed E-state index contributed by atoms with van der Waals surface area (Å²) in [5, 5.41) is 3.39. The number of carbonyl (C=O) groups is 1. The van der Waals surface area contributed by atoms with Crippen LogP contribution in [0.5, 0.6) is 5.75 Å². The molecule has 0 spiro atoms. The molecular weight excluding hydrogens is 375 g/mol. The van der Waals surface area contributed by atoms with Crippen molar-refractivity contribution in [3.8, 4) is 5.75 Å². The molecule has 0 saturated carbocycles. The minimum Gasteiger partial charge on any atom is -0.497 e. The summed E-state index contributed by atoms with van der Waals surface area (Å²) in [4.78, 5) is 32.3. The summed E-state index contributed by atoms with van der Waals surface area (Å²) in [6, 6.07) is 9.61. The van der Waals surface area contributed by atoms with E-state index in [9.17, 15) is 14.0 Å². The highest BCUT2D eigenvalue weighted by atomic mass is 19.1. The Balaban J connectivity index is 1.52. The van der Waals surface area contributed by atoms with Crippen molar-refractivity contribution in [2.24, 2.45) is 0 Å². The number of aryl methyl sites for hydroxylation is 2. The van der Waals surface area contributed by atoms with Gasteiger partial charge in [0.1, 0.15) is 22.6 Å². The SMILES string of the molecule is COc1ccc(NC(=O)CCn2cnc3c([nH]c4ccc(F)cc43)c2=O)c(C)c1. The van der Waals surface area contributed by atoms with E-state index in [1.165, 1.54) is 23.0 Å². The van der Waals surface area contributed by atoms with Crippen molar-refractivity contribution in [3.63, 3.8) is 0 Å². The highest BCUT2D eigenvalue weighted by molar-refractivity contribution is 6.04. The molecule has 8 heteroatoms. The molecule has 0 unspecified atom stereocenters. The van der Waals surface area contributed by atoms with E-state index < -0.39 is 5.82 Å². The van der Waals surface area contributed by atoms with Gasteiger partial charge in [0.25, 0.3) is 5.56 Å². The highest BCUT2D eigenvalue weighted by Gasteiger charge is 2.13. The highest BCUT2D eigenvalue weighted by Crippen LogP contribution is 2.23. The molecule has 2 aromatic carbocycles. The fourth-order valence-corrected chi connectivity index (χ4v) is 3.26. The first-order valence-corrected chi connectivity index (χ1v) is 9.07. The Hall–Kier alpha value is -3.68. The van der Waals surface area contributed by atoms with E-state index >= 15 is 0 Å². The zero-order valence-corrected chi connectivity index (χ0v) is 16.0. The number of ether oxygens (including phenoxy) is 1. The van der Waals surface area contributed by atoms with Crippen LogP contribution in [0, 0.1) is 12.7 Å². The normalized spacial score (nSPS) is 11.1. The Morgan fingerprint density at radius 3 is 2.86 bits per heavy atom. The van der Waals surface area contributed by atoms with E-state index in [4.69, 9.17) is 4.74 Å². The Kier molecular flexibility index (Phi) is 4.75. The van der Waals surface area contributed by atoms with Crippen molar-refractivity contribution in [2.45, 2.75) is 19.9 Å². The molecule has 2 aromatic heterocycles. The molecule has 1 amide bonds. The first-order valence-electron chi connectivity index (χ1n) is 9.07. The first-order chi connectivity index (χ1) is 14.0. The molecule has 0 fully saturated rings. The molecule has 7 nitrogen and oxygen atoms in total. The third-order valence-corrected chi connectivity index (χ3v) is 4.82. The number of anilines is 1. The molecule has 4 rings (SSSR count). The number of nitrogens with one attached hydrogen (secondary N) is 2. The zero-order chi connectivity index (χ0) is 20.5. The topological polar surface area (TPSA) is 89.0 Å². The molecule has 29 heavy (non-hydrogen) atoms. The Morgan fingerprint density at radius 1 is 1.28 bits per heavy atom. The van der Waals surface area contributed by atoms with Gasteiger partial charge in [-0.15, -0.1) is 0 Å². The van der Waals surface area contributed by atoms with Crippen LogP contribution in [0.3, 0.4) is 0 Å². The predicted octanol–water partition coefficient (Wildman–Crippen LogP) is 3.36. The predicted molar refractivity (Wildman–Crippen MR) is 109 cm³/mol. The summed E-state index contributed by atoms with van der Waals surface area (Å²) in [5.74, 6) is 0.100. The van der Waals surface area contributed by atoms with Gasteiger partial charge >= 0.3 is 0 Å². The van der Waals surface area contributed by atoms with E-state index in [0.29, 0.717) is 33.4 Å². The van der Waals surface area contributed by atoms with E-state index in [1.54, 1.807) is 25.3 Å². The molecule has 0 aliphatic heterocycles. The molecule has 0 radical (unpaired) electrons. The molecule has 2 heterocycles. The average Bonchev–Trinajstić information content (AvgIpc) is 3.07. The maximum atomic E-state index is 13.5. The lowest BCUT2D eigenvalue weighted by Crippen LogP contribution is -2.23. The molecule has 0 aliphatic carbocycles. The molecular formula is C21H19FN4O3. The smallest absolute Gasteiger partial charge is 0.277 e. The van der Waals surface area contributed by atoms with Crippen molar-refractivity contribution >= 4 is 33.5 Å². The number of amides is 1.